The lowest BCUT2D eigenvalue weighted by molar-refractivity contribution is -0.137. The molecule has 1 fully saturated rings. The van der Waals surface area contributed by atoms with Crippen molar-refractivity contribution in [3.8, 4) is 0 Å². The molecule has 8 heteroatoms. The van der Waals surface area contributed by atoms with Gasteiger partial charge in [0, 0.05) is 6.42 Å². The topological polar surface area (TPSA) is 72.8 Å². The quantitative estimate of drug-likeness (QED) is 0.631. The number of halogens is 2. The molecule has 1 aromatic carbocycles. The van der Waals surface area contributed by atoms with Crippen LogP contribution >= 0.6 is 23.2 Å². The molecular formula is C16H16Cl2O5S. The highest BCUT2D eigenvalue weighted by Gasteiger charge is 2.67. The summed E-state index contributed by atoms with van der Waals surface area (Å²) >= 11 is 12.7. The summed E-state index contributed by atoms with van der Waals surface area (Å²) in [6.07, 6.45) is 1.38. The highest BCUT2D eigenvalue weighted by molar-refractivity contribution is 7.95. The third-order valence-electron chi connectivity index (χ3n) is 4.14. The number of hydrogen-bond donors (Lipinski definition) is 1. The average Bonchev–Trinajstić information content (AvgIpc) is 3.10. The number of hydrogen-bond acceptors (Lipinski definition) is 5. The van der Waals surface area contributed by atoms with E-state index in [1.54, 1.807) is 18.2 Å². The number of rotatable bonds is 4. The maximum Gasteiger partial charge on any atom is 0.227 e. The Morgan fingerprint density at radius 1 is 1.29 bits per heavy atom. The third kappa shape index (κ3) is 2.36. The van der Waals surface area contributed by atoms with Crippen molar-refractivity contribution in [3.63, 3.8) is 0 Å². The number of alkyl halides is 1. The van der Waals surface area contributed by atoms with Crippen LogP contribution in [0.1, 0.15) is 6.42 Å². The van der Waals surface area contributed by atoms with Gasteiger partial charge in [0.25, 0.3) is 0 Å². The second-order valence-corrected chi connectivity index (χ2v) is 8.30. The Labute approximate surface area is 150 Å². The van der Waals surface area contributed by atoms with E-state index in [-0.39, 0.29) is 34.5 Å². The SMILES string of the molecule is C=CC[C@@]1(O)C(Cl)=C(S(=O)(=O)c2ccccc2)C2(OCCO2)[C@H]1Cl. The first kappa shape index (κ1) is 17.9. The van der Waals surface area contributed by atoms with E-state index in [0.717, 1.165) is 0 Å². The van der Waals surface area contributed by atoms with Crippen LogP contribution < -0.4 is 0 Å². The van der Waals surface area contributed by atoms with E-state index >= 15 is 0 Å². The molecule has 1 aliphatic heterocycles. The van der Waals surface area contributed by atoms with Crippen LogP contribution in [0.25, 0.3) is 0 Å². The summed E-state index contributed by atoms with van der Waals surface area (Å²) in [5.41, 5.74) is -1.84. The highest BCUT2D eigenvalue weighted by Crippen LogP contribution is 2.55. The summed E-state index contributed by atoms with van der Waals surface area (Å²) in [7, 11) is -4.08. The molecule has 3 rings (SSSR count). The largest absolute Gasteiger partial charge is 0.382 e. The maximum absolute atomic E-state index is 13.1. The minimum atomic E-state index is -4.08. The zero-order valence-corrected chi connectivity index (χ0v) is 14.9. The van der Waals surface area contributed by atoms with E-state index in [2.05, 4.69) is 6.58 Å². The molecule has 1 N–H and O–H groups in total. The van der Waals surface area contributed by atoms with Gasteiger partial charge in [-0.2, -0.15) is 0 Å². The molecular weight excluding hydrogens is 375 g/mol. The standard InChI is InChI=1S/C16H16Cl2O5S/c1-2-8-15(19)12(17)13(16(14(15)18)22-9-10-23-16)24(20,21)11-6-4-3-5-7-11/h2-7,14,19H,1,8-10H2/t14-,15+/m0/s1. The molecule has 2 atom stereocenters. The summed E-state index contributed by atoms with van der Waals surface area (Å²) in [5.74, 6) is -1.81. The zero-order chi connectivity index (χ0) is 17.6. The van der Waals surface area contributed by atoms with Gasteiger partial charge in [-0.05, 0) is 12.1 Å². The third-order valence-corrected chi connectivity index (χ3v) is 7.34. The molecule has 0 aromatic heterocycles. The molecule has 2 aliphatic rings. The molecule has 0 radical (unpaired) electrons. The lowest BCUT2D eigenvalue weighted by Crippen LogP contribution is -2.49. The predicted molar refractivity (Wildman–Crippen MR) is 90.5 cm³/mol. The fraction of sp³-hybridized carbons (Fsp3) is 0.375. The molecule has 1 heterocycles. The van der Waals surface area contributed by atoms with Gasteiger partial charge < -0.3 is 14.6 Å². The van der Waals surface area contributed by atoms with Crippen molar-refractivity contribution in [2.75, 3.05) is 13.2 Å². The smallest absolute Gasteiger partial charge is 0.227 e. The number of sulfone groups is 1. The summed E-state index contributed by atoms with van der Waals surface area (Å²) < 4.78 is 37.4. The molecule has 1 aromatic rings. The fourth-order valence-corrected chi connectivity index (χ4v) is 5.98. The molecule has 1 saturated heterocycles. The monoisotopic (exact) mass is 390 g/mol. The minimum absolute atomic E-state index is 0.0170. The number of aliphatic hydroxyl groups is 1. The van der Waals surface area contributed by atoms with Crippen LogP contribution in [-0.2, 0) is 19.3 Å². The molecule has 24 heavy (non-hydrogen) atoms. The van der Waals surface area contributed by atoms with Gasteiger partial charge in [-0.25, -0.2) is 8.42 Å². The molecule has 0 unspecified atom stereocenters. The van der Waals surface area contributed by atoms with Gasteiger partial charge in [0.1, 0.15) is 15.9 Å². The van der Waals surface area contributed by atoms with Crippen molar-refractivity contribution in [3.05, 3.63) is 52.9 Å². The van der Waals surface area contributed by atoms with Gasteiger partial charge in [0.15, 0.2) is 0 Å². The van der Waals surface area contributed by atoms with Gasteiger partial charge in [-0.3, -0.25) is 0 Å². The highest BCUT2D eigenvalue weighted by atomic mass is 35.5. The molecule has 0 saturated carbocycles. The van der Waals surface area contributed by atoms with Crippen molar-refractivity contribution < 1.29 is 23.0 Å². The maximum atomic E-state index is 13.1. The van der Waals surface area contributed by atoms with Crippen LogP contribution in [0.5, 0.6) is 0 Å². The van der Waals surface area contributed by atoms with E-state index < -0.39 is 26.6 Å². The normalized spacial score (nSPS) is 29.4. The van der Waals surface area contributed by atoms with Crippen LogP contribution in [0.3, 0.4) is 0 Å². The second kappa shape index (κ2) is 6.12. The van der Waals surface area contributed by atoms with E-state index in [1.807, 2.05) is 0 Å². The first-order valence-electron chi connectivity index (χ1n) is 7.27. The molecule has 0 amide bonds. The summed E-state index contributed by atoms with van der Waals surface area (Å²) in [4.78, 5) is -0.326. The van der Waals surface area contributed by atoms with Crippen LogP contribution in [0.15, 0.2) is 57.8 Å². The lowest BCUT2D eigenvalue weighted by atomic mass is 9.97. The summed E-state index contributed by atoms with van der Waals surface area (Å²) in [5, 5.41) is 9.39. The Balaban J connectivity index is 2.26. The predicted octanol–water partition coefficient (Wildman–Crippen LogP) is 2.58. The molecule has 0 bridgehead atoms. The lowest BCUT2D eigenvalue weighted by Gasteiger charge is -2.33. The first-order valence-corrected chi connectivity index (χ1v) is 9.56. The Hall–Kier alpha value is -0.890. The van der Waals surface area contributed by atoms with Gasteiger partial charge in [0.2, 0.25) is 15.6 Å². The Kier molecular flexibility index (Phi) is 4.57. The fourth-order valence-electron chi connectivity index (χ4n) is 3.03. The van der Waals surface area contributed by atoms with Crippen molar-refractivity contribution in [1.29, 1.82) is 0 Å². The van der Waals surface area contributed by atoms with Crippen molar-refractivity contribution >= 4 is 33.0 Å². The number of ether oxygens (including phenoxy) is 2. The molecule has 1 spiro atoms. The Bertz CT molecular complexity index is 784. The van der Waals surface area contributed by atoms with Gasteiger partial charge >= 0.3 is 0 Å². The van der Waals surface area contributed by atoms with E-state index in [9.17, 15) is 13.5 Å². The van der Waals surface area contributed by atoms with E-state index in [0.29, 0.717) is 0 Å². The number of benzene rings is 1. The minimum Gasteiger partial charge on any atom is -0.382 e. The molecule has 1 aliphatic carbocycles. The average molecular weight is 391 g/mol. The van der Waals surface area contributed by atoms with Crippen LogP contribution in [0.2, 0.25) is 0 Å². The molecule has 5 nitrogen and oxygen atoms in total. The van der Waals surface area contributed by atoms with Gasteiger partial charge in [-0.15, -0.1) is 18.2 Å². The molecule has 130 valence electrons. The van der Waals surface area contributed by atoms with Crippen molar-refractivity contribution in [2.24, 2.45) is 0 Å². The summed E-state index contributed by atoms with van der Waals surface area (Å²) in [6.45, 7) is 3.86. The zero-order valence-electron chi connectivity index (χ0n) is 12.6. The first-order chi connectivity index (χ1) is 11.3. The Morgan fingerprint density at radius 3 is 2.42 bits per heavy atom. The van der Waals surface area contributed by atoms with E-state index in [4.69, 9.17) is 32.7 Å². The van der Waals surface area contributed by atoms with Crippen LogP contribution in [0.4, 0.5) is 0 Å². The van der Waals surface area contributed by atoms with Gasteiger partial charge in [0.05, 0.1) is 23.1 Å². The second-order valence-electron chi connectivity index (χ2n) is 5.60. The van der Waals surface area contributed by atoms with Crippen molar-refractivity contribution in [2.45, 2.75) is 28.1 Å². The van der Waals surface area contributed by atoms with Crippen LogP contribution in [0, 0.1) is 0 Å². The van der Waals surface area contributed by atoms with Crippen molar-refractivity contribution in [1.82, 2.24) is 0 Å². The summed E-state index contributed by atoms with van der Waals surface area (Å²) in [6, 6.07) is 7.74. The van der Waals surface area contributed by atoms with Crippen LogP contribution in [-0.4, -0.2) is 43.5 Å². The van der Waals surface area contributed by atoms with Gasteiger partial charge in [-0.1, -0.05) is 35.9 Å². The van der Waals surface area contributed by atoms with E-state index in [1.165, 1.54) is 18.2 Å². The Morgan fingerprint density at radius 2 is 1.88 bits per heavy atom.